The van der Waals surface area contributed by atoms with Gasteiger partial charge in [-0.05, 0) is 61.3 Å². The Morgan fingerprint density at radius 2 is 1.71 bits per heavy atom. The Morgan fingerprint density at radius 3 is 2.39 bits per heavy atom. The number of nitrogens with zero attached hydrogens (tertiary/aromatic N) is 2. The molecule has 3 saturated carbocycles. The fourth-order valence-corrected chi connectivity index (χ4v) is 8.43. The van der Waals surface area contributed by atoms with Gasteiger partial charge in [-0.15, -0.1) is 4.40 Å². The number of anilines is 2. The largest absolute Gasteiger partial charge is 0.341 e. The third-order valence-electron chi connectivity index (χ3n) is 8.19. The monoisotopic (exact) mass is 556 g/mol. The van der Waals surface area contributed by atoms with E-state index in [0.29, 0.717) is 6.54 Å². The Morgan fingerprint density at radius 1 is 1.03 bits per heavy atom. The molecular weight excluding hydrogens is 528 g/mol. The molecule has 0 aromatic heterocycles. The van der Waals surface area contributed by atoms with Gasteiger partial charge >= 0.3 is 0 Å². The van der Waals surface area contributed by atoms with Crippen LogP contribution in [0.5, 0.6) is 0 Å². The van der Waals surface area contributed by atoms with Gasteiger partial charge in [0.25, 0.3) is 10.0 Å². The van der Waals surface area contributed by atoms with Gasteiger partial charge in [-0.3, -0.25) is 14.3 Å². The number of sulfonamides is 2. The summed E-state index contributed by atoms with van der Waals surface area (Å²) in [6.45, 7) is 0.338. The predicted molar refractivity (Wildman–Crippen MR) is 141 cm³/mol. The minimum atomic E-state index is -4.31. The molecule has 1 saturated heterocycles. The van der Waals surface area contributed by atoms with Gasteiger partial charge < -0.3 is 10.2 Å². The Balaban J connectivity index is 1.39. The van der Waals surface area contributed by atoms with E-state index in [1.807, 2.05) is 30.3 Å². The minimum Gasteiger partial charge on any atom is -0.341 e. The lowest BCUT2D eigenvalue weighted by atomic mass is 9.57. The van der Waals surface area contributed by atoms with E-state index in [4.69, 9.17) is 0 Å². The van der Waals surface area contributed by atoms with Gasteiger partial charge in [-0.25, -0.2) is 8.42 Å². The third-order valence-corrected chi connectivity index (χ3v) is 10.1. The lowest BCUT2D eigenvalue weighted by molar-refractivity contribution is -0.162. The molecule has 12 heteroatoms. The van der Waals surface area contributed by atoms with E-state index in [2.05, 4.69) is 14.4 Å². The van der Waals surface area contributed by atoms with Crippen molar-refractivity contribution in [2.45, 2.75) is 43.2 Å². The van der Waals surface area contributed by atoms with Crippen LogP contribution in [0.1, 0.15) is 31.2 Å². The smallest absolute Gasteiger partial charge is 0.286 e. The summed E-state index contributed by atoms with van der Waals surface area (Å²) in [4.78, 5) is 29.5. The summed E-state index contributed by atoms with van der Waals surface area (Å²) in [6, 6.07) is 13.4. The number of nitrogens with one attached hydrogen (secondary N) is 2. The Kier molecular flexibility index (Phi) is 5.87. The van der Waals surface area contributed by atoms with Crippen LogP contribution in [0.15, 0.2) is 57.8 Å². The fraction of sp³-hybridized carbons (Fsp3) is 0.423. The summed E-state index contributed by atoms with van der Waals surface area (Å²) in [6.07, 6.45) is 4.77. The van der Waals surface area contributed by atoms with Crippen LogP contribution in [0.25, 0.3) is 0 Å². The van der Waals surface area contributed by atoms with Gasteiger partial charge in [0.15, 0.2) is 11.7 Å². The molecule has 3 atom stereocenters. The number of amides is 1. The first-order valence-corrected chi connectivity index (χ1v) is 16.0. The summed E-state index contributed by atoms with van der Waals surface area (Å²) in [5.74, 6) is -2.21. The molecular formula is C26H28N4O6S2. The topological polar surface area (TPSA) is 142 Å². The molecule has 10 nitrogen and oxygen atoms in total. The van der Waals surface area contributed by atoms with E-state index in [1.54, 1.807) is 4.90 Å². The van der Waals surface area contributed by atoms with Crippen LogP contribution in [-0.4, -0.2) is 51.6 Å². The number of hydrogen-bond donors (Lipinski definition) is 2. The highest BCUT2D eigenvalue weighted by molar-refractivity contribution is 7.92. The zero-order chi connectivity index (χ0) is 26.8. The molecule has 1 amide bonds. The number of carbonyl (C=O) groups excluding carboxylic acids is 2. The zero-order valence-electron chi connectivity index (χ0n) is 20.7. The van der Waals surface area contributed by atoms with Gasteiger partial charge in [0.1, 0.15) is 10.7 Å². The van der Waals surface area contributed by atoms with Crippen molar-refractivity contribution in [1.82, 2.24) is 4.90 Å². The SMILES string of the molecule is CS(=O)(=O)Nc1ccc2c(c1)S(=O)(=O)N=C(C1C(=O)[C@@H]3C4CCC(CC4)[C@@H]3N(Cc3ccccc3)C1=O)N2. The second-order valence-electron chi connectivity index (χ2n) is 10.6. The van der Waals surface area contributed by atoms with E-state index in [-0.39, 0.29) is 51.7 Å². The Bertz CT molecular complexity index is 1560. The molecule has 200 valence electrons. The summed E-state index contributed by atoms with van der Waals surface area (Å²) >= 11 is 0. The quantitative estimate of drug-likeness (QED) is 0.539. The number of rotatable bonds is 5. The highest BCUT2D eigenvalue weighted by Crippen LogP contribution is 2.51. The molecule has 0 radical (unpaired) electrons. The van der Waals surface area contributed by atoms with E-state index < -0.39 is 31.9 Å². The van der Waals surface area contributed by atoms with Crippen LogP contribution in [0.2, 0.25) is 0 Å². The average molecular weight is 557 g/mol. The number of likely N-dealkylation sites (tertiary alicyclic amines) is 1. The number of amidine groups is 1. The second kappa shape index (κ2) is 8.91. The Hall–Kier alpha value is -3.25. The maximum atomic E-state index is 14.0. The first-order valence-electron chi connectivity index (χ1n) is 12.6. The Labute approximate surface area is 221 Å². The normalized spacial score (nSPS) is 29.7. The molecule has 4 fully saturated rings. The number of fused-ring (bicyclic) bond motifs is 3. The van der Waals surface area contributed by atoms with Crippen molar-refractivity contribution in [3.05, 3.63) is 54.1 Å². The molecule has 2 heterocycles. The molecule has 1 unspecified atom stereocenters. The van der Waals surface area contributed by atoms with E-state index >= 15 is 0 Å². The van der Waals surface area contributed by atoms with Crippen LogP contribution in [-0.2, 0) is 36.2 Å². The van der Waals surface area contributed by atoms with E-state index in [0.717, 1.165) is 37.5 Å². The molecule has 5 aliphatic rings. The van der Waals surface area contributed by atoms with Crippen molar-refractivity contribution < 1.29 is 26.4 Å². The van der Waals surface area contributed by atoms with Gasteiger partial charge in [0, 0.05) is 24.2 Å². The second-order valence-corrected chi connectivity index (χ2v) is 14.0. The number of piperidine rings is 1. The van der Waals surface area contributed by atoms with Gasteiger partial charge in [0.2, 0.25) is 15.9 Å². The number of Topliss-reactive ketones (excluding diaryl/α,β-unsaturated/α-hetero) is 1. The van der Waals surface area contributed by atoms with Crippen LogP contribution >= 0.6 is 0 Å². The molecule has 2 aliphatic heterocycles. The molecule has 2 aromatic carbocycles. The van der Waals surface area contributed by atoms with Crippen molar-refractivity contribution in [1.29, 1.82) is 0 Å². The van der Waals surface area contributed by atoms with Crippen LogP contribution in [0.3, 0.4) is 0 Å². The van der Waals surface area contributed by atoms with Gasteiger partial charge in [-0.2, -0.15) is 8.42 Å². The standard InChI is InChI=1S/C26H28N4O6S2/c1-37(33,34)28-18-11-12-19-20(13-18)38(35,36)29-25(27-19)22-24(31)21-16-7-9-17(10-8-16)23(21)30(26(22)32)14-15-5-3-2-4-6-15/h2-6,11-13,16-17,21-23,28H,7-10,14H2,1H3,(H,27,29)/t16?,17?,21-,22?,23+/m1/s1. The fourth-order valence-electron chi connectivity index (χ4n) is 6.69. The van der Waals surface area contributed by atoms with Crippen LogP contribution in [0, 0.1) is 23.7 Å². The van der Waals surface area contributed by atoms with Gasteiger partial charge in [-0.1, -0.05) is 30.3 Å². The average Bonchev–Trinajstić information content (AvgIpc) is 2.87. The number of ketones is 1. The van der Waals surface area contributed by atoms with Crippen molar-refractivity contribution in [2.75, 3.05) is 16.3 Å². The summed E-state index contributed by atoms with van der Waals surface area (Å²) in [7, 11) is -7.94. The van der Waals surface area contributed by atoms with Crippen molar-refractivity contribution in [3.63, 3.8) is 0 Å². The van der Waals surface area contributed by atoms with Crippen molar-refractivity contribution in [3.8, 4) is 0 Å². The predicted octanol–water partition coefficient (Wildman–Crippen LogP) is 2.60. The van der Waals surface area contributed by atoms with Crippen molar-refractivity contribution in [2.24, 2.45) is 28.1 Å². The minimum absolute atomic E-state index is 0.0650. The number of carbonyl (C=O) groups is 2. The summed E-state index contributed by atoms with van der Waals surface area (Å²) in [5, 5.41) is 2.92. The maximum Gasteiger partial charge on any atom is 0.286 e. The molecule has 3 aliphatic carbocycles. The summed E-state index contributed by atoms with van der Waals surface area (Å²) in [5.41, 5.74) is 1.14. The molecule has 7 rings (SSSR count). The molecule has 2 aromatic rings. The summed E-state index contributed by atoms with van der Waals surface area (Å²) < 4.78 is 55.8. The molecule has 2 N–H and O–H groups in total. The van der Waals surface area contributed by atoms with Crippen molar-refractivity contribution >= 4 is 48.9 Å². The molecule has 2 bridgehead atoms. The van der Waals surface area contributed by atoms with Crippen LogP contribution in [0.4, 0.5) is 11.4 Å². The van der Waals surface area contributed by atoms with Crippen LogP contribution < -0.4 is 10.0 Å². The first-order chi connectivity index (χ1) is 18.0. The maximum absolute atomic E-state index is 14.0. The zero-order valence-corrected chi connectivity index (χ0v) is 22.3. The molecule has 0 spiro atoms. The third kappa shape index (κ3) is 4.29. The lowest BCUT2D eigenvalue weighted by Gasteiger charge is -2.55. The highest BCUT2D eigenvalue weighted by atomic mass is 32.2. The number of hydrogen-bond acceptors (Lipinski definition) is 7. The van der Waals surface area contributed by atoms with E-state index in [1.165, 1.54) is 18.2 Å². The van der Waals surface area contributed by atoms with Gasteiger partial charge in [0.05, 0.1) is 11.9 Å². The highest BCUT2D eigenvalue weighted by Gasteiger charge is 2.58. The number of benzene rings is 2. The van der Waals surface area contributed by atoms with E-state index in [9.17, 15) is 26.4 Å². The first kappa shape index (κ1) is 25.1. The lowest BCUT2D eigenvalue weighted by Crippen LogP contribution is -2.66. The molecule has 38 heavy (non-hydrogen) atoms.